The Hall–Kier alpha value is -1.99. The van der Waals surface area contributed by atoms with Crippen molar-refractivity contribution in [3.05, 3.63) is 41.2 Å². The first-order valence-electron chi connectivity index (χ1n) is 7.23. The fraction of sp³-hybridized carbons (Fsp3) is 0.400. The molecule has 0 fully saturated rings. The SMILES string of the molecule is CC[C@@H](Oc1ccccc1)c1nn2c(CCOC)nnc2s1. The van der Waals surface area contributed by atoms with Crippen LogP contribution in [0.1, 0.15) is 30.3 Å². The zero-order valence-electron chi connectivity index (χ0n) is 12.6. The van der Waals surface area contributed by atoms with Crippen LogP contribution < -0.4 is 4.74 Å². The van der Waals surface area contributed by atoms with E-state index in [4.69, 9.17) is 9.47 Å². The Morgan fingerprint density at radius 2 is 2.05 bits per heavy atom. The van der Waals surface area contributed by atoms with E-state index >= 15 is 0 Å². The molecule has 116 valence electrons. The van der Waals surface area contributed by atoms with Crippen molar-refractivity contribution in [3.63, 3.8) is 0 Å². The number of aromatic nitrogens is 4. The molecule has 0 aliphatic carbocycles. The van der Waals surface area contributed by atoms with Gasteiger partial charge in [-0.2, -0.15) is 9.61 Å². The van der Waals surface area contributed by atoms with Crippen LogP contribution in [0.25, 0.3) is 4.96 Å². The van der Waals surface area contributed by atoms with Gasteiger partial charge in [-0.05, 0) is 18.6 Å². The van der Waals surface area contributed by atoms with Gasteiger partial charge in [-0.1, -0.05) is 36.5 Å². The van der Waals surface area contributed by atoms with Crippen LogP contribution in [0.2, 0.25) is 0 Å². The zero-order valence-corrected chi connectivity index (χ0v) is 13.4. The predicted octanol–water partition coefficient (Wildman–Crippen LogP) is 2.90. The van der Waals surface area contributed by atoms with Gasteiger partial charge in [-0.25, -0.2) is 0 Å². The Labute approximate surface area is 132 Å². The highest BCUT2D eigenvalue weighted by Crippen LogP contribution is 2.28. The first-order valence-corrected chi connectivity index (χ1v) is 8.05. The van der Waals surface area contributed by atoms with Gasteiger partial charge in [0.25, 0.3) is 0 Å². The summed E-state index contributed by atoms with van der Waals surface area (Å²) < 4.78 is 12.9. The number of benzene rings is 1. The first kappa shape index (κ1) is 14.9. The van der Waals surface area contributed by atoms with Crippen LogP contribution in [0.15, 0.2) is 30.3 Å². The number of para-hydroxylation sites is 1. The standard InChI is InChI=1S/C15H18N4O2S/c1-3-12(21-11-7-5-4-6-8-11)14-18-19-13(9-10-20-2)16-17-15(19)22-14/h4-8,12H,3,9-10H2,1-2H3/t12-/m1/s1. The van der Waals surface area contributed by atoms with Crippen LogP contribution in [0, 0.1) is 0 Å². The Balaban J connectivity index is 1.83. The van der Waals surface area contributed by atoms with Crippen molar-refractivity contribution < 1.29 is 9.47 Å². The molecule has 0 radical (unpaired) electrons. The van der Waals surface area contributed by atoms with Crippen molar-refractivity contribution in [3.8, 4) is 5.75 Å². The summed E-state index contributed by atoms with van der Waals surface area (Å²) in [7, 11) is 1.67. The van der Waals surface area contributed by atoms with E-state index in [1.165, 1.54) is 11.3 Å². The van der Waals surface area contributed by atoms with Crippen molar-refractivity contribution in [1.82, 2.24) is 19.8 Å². The van der Waals surface area contributed by atoms with Crippen molar-refractivity contribution in [2.45, 2.75) is 25.9 Å². The van der Waals surface area contributed by atoms with Crippen LogP contribution in [-0.2, 0) is 11.2 Å². The zero-order chi connectivity index (χ0) is 15.4. The second-order valence-electron chi connectivity index (χ2n) is 4.82. The van der Waals surface area contributed by atoms with E-state index in [2.05, 4.69) is 22.2 Å². The number of ether oxygens (including phenoxy) is 2. The van der Waals surface area contributed by atoms with Gasteiger partial charge in [-0.15, -0.1) is 10.2 Å². The molecule has 0 aliphatic heterocycles. The second kappa shape index (κ2) is 6.85. The molecular weight excluding hydrogens is 300 g/mol. The minimum atomic E-state index is -0.0793. The maximum absolute atomic E-state index is 6.03. The van der Waals surface area contributed by atoms with Gasteiger partial charge in [0, 0.05) is 13.5 Å². The van der Waals surface area contributed by atoms with Gasteiger partial charge < -0.3 is 9.47 Å². The van der Waals surface area contributed by atoms with Crippen molar-refractivity contribution >= 4 is 16.3 Å². The molecule has 1 atom stereocenters. The normalized spacial score (nSPS) is 12.6. The molecule has 0 N–H and O–H groups in total. The topological polar surface area (TPSA) is 61.5 Å². The van der Waals surface area contributed by atoms with Gasteiger partial charge in [0.15, 0.2) is 16.9 Å². The molecule has 0 saturated heterocycles. The number of rotatable bonds is 7. The summed E-state index contributed by atoms with van der Waals surface area (Å²) in [6, 6.07) is 9.80. The summed E-state index contributed by atoms with van der Waals surface area (Å²) in [4.78, 5) is 0.788. The van der Waals surface area contributed by atoms with E-state index in [-0.39, 0.29) is 6.10 Å². The third-order valence-corrected chi connectivity index (χ3v) is 4.26. The average Bonchev–Trinajstić information content (AvgIpc) is 3.12. The summed E-state index contributed by atoms with van der Waals surface area (Å²) in [6.07, 6.45) is 1.45. The molecule has 0 spiro atoms. The van der Waals surface area contributed by atoms with E-state index in [9.17, 15) is 0 Å². The second-order valence-corrected chi connectivity index (χ2v) is 5.81. The molecule has 3 rings (SSSR count). The van der Waals surface area contributed by atoms with Crippen LogP contribution in [0.3, 0.4) is 0 Å². The van der Waals surface area contributed by atoms with Crippen molar-refractivity contribution in [2.24, 2.45) is 0 Å². The van der Waals surface area contributed by atoms with Crippen molar-refractivity contribution in [1.29, 1.82) is 0 Å². The summed E-state index contributed by atoms with van der Waals surface area (Å²) in [5, 5.41) is 13.9. The largest absolute Gasteiger partial charge is 0.483 e. The molecule has 0 unspecified atom stereocenters. The van der Waals surface area contributed by atoms with Gasteiger partial charge in [0.05, 0.1) is 6.61 Å². The van der Waals surface area contributed by atoms with Gasteiger partial charge in [-0.3, -0.25) is 0 Å². The molecule has 0 aliphatic rings. The third-order valence-electron chi connectivity index (χ3n) is 3.27. The van der Waals surface area contributed by atoms with Crippen LogP contribution in [0.5, 0.6) is 5.75 Å². The highest BCUT2D eigenvalue weighted by Gasteiger charge is 2.19. The lowest BCUT2D eigenvalue weighted by Gasteiger charge is -2.14. The van der Waals surface area contributed by atoms with Gasteiger partial charge in [0.2, 0.25) is 4.96 Å². The highest BCUT2D eigenvalue weighted by atomic mass is 32.1. The lowest BCUT2D eigenvalue weighted by molar-refractivity contribution is 0.197. The van der Waals surface area contributed by atoms with Gasteiger partial charge >= 0.3 is 0 Å². The van der Waals surface area contributed by atoms with E-state index in [0.717, 1.165) is 28.0 Å². The van der Waals surface area contributed by atoms with E-state index in [1.54, 1.807) is 11.6 Å². The molecular formula is C15H18N4O2S. The predicted molar refractivity (Wildman–Crippen MR) is 84.3 cm³/mol. The summed E-state index contributed by atoms with van der Waals surface area (Å²) in [6.45, 7) is 2.69. The smallest absolute Gasteiger partial charge is 0.234 e. The highest BCUT2D eigenvalue weighted by molar-refractivity contribution is 7.16. The number of fused-ring (bicyclic) bond motifs is 1. The van der Waals surface area contributed by atoms with Crippen molar-refractivity contribution in [2.75, 3.05) is 13.7 Å². The number of nitrogens with zero attached hydrogens (tertiary/aromatic N) is 4. The van der Waals surface area contributed by atoms with E-state index < -0.39 is 0 Å². The average molecular weight is 318 g/mol. The number of hydrogen-bond donors (Lipinski definition) is 0. The Bertz CT molecular complexity index is 726. The Morgan fingerprint density at radius 3 is 2.77 bits per heavy atom. The van der Waals surface area contributed by atoms with Crippen LogP contribution >= 0.6 is 11.3 Å². The fourth-order valence-electron chi connectivity index (χ4n) is 2.12. The number of methoxy groups -OCH3 is 1. The lowest BCUT2D eigenvalue weighted by Crippen LogP contribution is -2.08. The Morgan fingerprint density at radius 1 is 1.23 bits per heavy atom. The van der Waals surface area contributed by atoms with E-state index in [0.29, 0.717) is 13.0 Å². The molecule has 0 bridgehead atoms. The summed E-state index contributed by atoms with van der Waals surface area (Å²) in [5.41, 5.74) is 0. The number of hydrogen-bond acceptors (Lipinski definition) is 6. The molecule has 7 heteroatoms. The third kappa shape index (κ3) is 3.10. The van der Waals surface area contributed by atoms with Crippen LogP contribution in [-0.4, -0.2) is 33.5 Å². The van der Waals surface area contributed by atoms with Gasteiger partial charge in [0.1, 0.15) is 5.75 Å². The molecule has 22 heavy (non-hydrogen) atoms. The molecule has 2 heterocycles. The van der Waals surface area contributed by atoms with Crippen LogP contribution in [0.4, 0.5) is 0 Å². The summed E-state index contributed by atoms with van der Waals surface area (Å²) >= 11 is 1.52. The maximum Gasteiger partial charge on any atom is 0.234 e. The molecule has 2 aromatic heterocycles. The molecule has 1 aromatic carbocycles. The summed E-state index contributed by atoms with van der Waals surface area (Å²) in [5.74, 6) is 1.66. The fourth-order valence-corrected chi connectivity index (χ4v) is 3.09. The molecule has 0 amide bonds. The maximum atomic E-state index is 6.03. The lowest BCUT2D eigenvalue weighted by atomic mass is 10.3. The molecule has 3 aromatic rings. The molecule has 6 nitrogen and oxygen atoms in total. The molecule has 0 saturated carbocycles. The Kier molecular flexibility index (Phi) is 4.65. The van der Waals surface area contributed by atoms with E-state index in [1.807, 2.05) is 30.3 Å². The minimum Gasteiger partial charge on any atom is -0.483 e. The monoisotopic (exact) mass is 318 g/mol. The quantitative estimate of drug-likeness (QED) is 0.670. The minimum absolute atomic E-state index is 0.0793. The first-order chi connectivity index (χ1) is 10.8.